The predicted octanol–water partition coefficient (Wildman–Crippen LogP) is 9.63. The van der Waals surface area contributed by atoms with Gasteiger partial charge >= 0.3 is 0 Å². The Balaban J connectivity index is 0.000000419. The lowest BCUT2D eigenvalue weighted by Crippen LogP contribution is -2.39. The largest absolute Gasteiger partial charge is 0.371 e. The number of piperidine rings is 1. The molecule has 0 unspecified atom stereocenters. The number of nitrogens with zero attached hydrogens (tertiary/aromatic N) is 2. The molecule has 1 fully saturated rings. The molecule has 42 heavy (non-hydrogen) atoms. The van der Waals surface area contributed by atoms with Gasteiger partial charge in [0.2, 0.25) is 5.91 Å². The SMILES string of the molecule is CCC.CCCCN(CCC)c1ccc(C)cc1C(=O)N1CCC(C)CC1.CCc1cccc(C(C)C)c1NC(C)=O. The maximum absolute atomic E-state index is 13.2. The minimum absolute atomic E-state index is 0.00204. The summed E-state index contributed by atoms with van der Waals surface area (Å²) in [5, 5.41) is 2.94. The molecule has 0 atom stereocenters. The Morgan fingerprint density at radius 3 is 2.14 bits per heavy atom. The number of aryl methyl sites for hydroxylation is 2. The average molecular weight is 580 g/mol. The molecule has 1 saturated heterocycles. The van der Waals surface area contributed by atoms with Crippen molar-refractivity contribution in [2.24, 2.45) is 5.92 Å². The summed E-state index contributed by atoms with van der Waals surface area (Å²) in [7, 11) is 0. The predicted molar refractivity (Wildman–Crippen MR) is 183 cm³/mol. The Morgan fingerprint density at radius 2 is 1.62 bits per heavy atom. The van der Waals surface area contributed by atoms with Gasteiger partial charge in [-0.05, 0) is 74.1 Å². The zero-order valence-corrected chi connectivity index (χ0v) is 28.6. The molecule has 236 valence electrons. The summed E-state index contributed by atoms with van der Waals surface area (Å²) < 4.78 is 0. The van der Waals surface area contributed by atoms with E-state index in [0.717, 1.165) is 74.7 Å². The van der Waals surface area contributed by atoms with E-state index in [4.69, 9.17) is 0 Å². The number of carbonyl (C=O) groups excluding carboxylic acids is 2. The van der Waals surface area contributed by atoms with Crippen LogP contribution in [-0.2, 0) is 11.2 Å². The van der Waals surface area contributed by atoms with Gasteiger partial charge in [-0.2, -0.15) is 0 Å². The lowest BCUT2D eigenvalue weighted by molar-refractivity contribution is -0.114. The molecule has 0 aromatic heterocycles. The molecule has 5 heteroatoms. The Labute approximate surface area is 258 Å². The van der Waals surface area contributed by atoms with Crippen molar-refractivity contribution >= 4 is 23.2 Å². The normalized spacial score (nSPS) is 13.1. The number of benzene rings is 2. The zero-order chi connectivity index (χ0) is 31.7. The van der Waals surface area contributed by atoms with Crippen molar-refractivity contribution in [3.05, 3.63) is 58.7 Å². The van der Waals surface area contributed by atoms with Crippen molar-refractivity contribution in [3.8, 4) is 0 Å². The van der Waals surface area contributed by atoms with Gasteiger partial charge < -0.3 is 15.1 Å². The molecule has 2 amide bonds. The van der Waals surface area contributed by atoms with Crippen LogP contribution in [-0.4, -0.2) is 42.9 Å². The van der Waals surface area contributed by atoms with Crippen LogP contribution in [0.5, 0.6) is 0 Å². The monoisotopic (exact) mass is 579 g/mol. The van der Waals surface area contributed by atoms with Crippen LogP contribution in [0, 0.1) is 12.8 Å². The van der Waals surface area contributed by atoms with Gasteiger partial charge in [0.15, 0.2) is 0 Å². The lowest BCUT2D eigenvalue weighted by Gasteiger charge is -2.33. The van der Waals surface area contributed by atoms with Gasteiger partial charge in [0, 0.05) is 44.5 Å². The fourth-order valence-electron chi connectivity index (χ4n) is 5.17. The molecular weight excluding hydrogens is 518 g/mol. The maximum atomic E-state index is 13.2. The molecular formula is C37H61N3O2. The van der Waals surface area contributed by atoms with Crippen molar-refractivity contribution < 1.29 is 9.59 Å². The van der Waals surface area contributed by atoms with Crippen molar-refractivity contribution in [2.45, 2.75) is 120 Å². The Morgan fingerprint density at radius 1 is 0.976 bits per heavy atom. The third kappa shape index (κ3) is 12.2. The molecule has 0 spiro atoms. The van der Waals surface area contributed by atoms with Gasteiger partial charge in [-0.25, -0.2) is 0 Å². The number of anilines is 2. The Hall–Kier alpha value is -2.82. The van der Waals surface area contributed by atoms with E-state index in [1.165, 1.54) is 36.0 Å². The highest BCUT2D eigenvalue weighted by atomic mass is 16.2. The third-order valence-corrected chi connectivity index (χ3v) is 7.56. The molecule has 1 heterocycles. The summed E-state index contributed by atoms with van der Waals surface area (Å²) in [5.74, 6) is 1.39. The summed E-state index contributed by atoms with van der Waals surface area (Å²) in [6.45, 7) is 24.8. The molecule has 0 saturated carbocycles. The highest BCUT2D eigenvalue weighted by molar-refractivity contribution is 6.00. The van der Waals surface area contributed by atoms with Gasteiger partial charge in [0.1, 0.15) is 0 Å². The Kier molecular flexibility index (Phi) is 17.8. The summed E-state index contributed by atoms with van der Waals surface area (Å²) in [6.07, 6.45) is 7.90. The van der Waals surface area contributed by atoms with E-state index < -0.39 is 0 Å². The van der Waals surface area contributed by atoms with Crippen LogP contribution in [0.4, 0.5) is 11.4 Å². The van der Waals surface area contributed by atoms with Crippen LogP contribution >= 0.6 is 0 Å². The number of carbonyl (C=O) groups is 2. The Bertz CT molecular complexity index is 1070. The van der Waals surface area contributed by atoms with Crippen molar-refractivity contribution in [3.63, 3.8) is 0 Å². The van der Waals surface area contributed by atoms with E-state index in [9.17, 15) is 9.59 Å². The van der Waals surface area contributed by atoms with Crippen molar-refractivity contribution in [1.29, 1.82) is 0 Å². The van der Waals surface area contributed by atoms with Crippen LogP contribution in [0.15, 0.2) is 36.4 Å². The third-order valence-electron chi connectivity index (χ3n) is 7.56. The van der Waals surface area contributed by atoms with Gasteiger partial charge in [-0.1, -0.05) is 98.1 Å². The molecule has 0 aliphatic carbocycles. The molecule has 0 bridgehead atoms. The van der Waals surface area contributed by atoms with Crippen LogP contribution in [0.1, 0.15) is 134 Å². The molecule has 1 N–H and O–H groups in total. The van der Waals surface area contributed by atoms with Gasteiger partial charge in [-0.15, -0.1) is 0 Å². The highest BCUT2D eigenvalue weighted by Crippen LogP contribution is 2.29. The lowest BCUT2D eigenvalue weighted by atomic mass is 9.96. The fourth-order valence-corrected chi connectivity index (χ4v) is 5.17. The van der Waals surface area contributed by atoms with Crippen molar-refractivity contribution in [2.75, 3.05) is 36.4 Å². The van der Waals surface area contributed by atoms with Crippen LogP contribution in [0.25, 0.3) is 0 Å². The molecule has 0 radical (unpaired) electrons. The van der Waals surface area contributed by atoms with E-state index in [2.05, 4.69) is 114 Å². The summed E-state index contributed by atoms with van der Waals surface area (Å²) in [6, 6.07) is 12.6. The number of hydrogen-bond donors (Lipinski definition) is 1. The average Bonchev–Trinajstić information content (AvgIpc) is 2.96. The number of amides is 2. The summed E-state index contributed by atoms with van der Waals surface area (Å²) >= 11 is 0. The standard InChI is InChI=1S/C21H34N2O.C13H19NO.C3H8/c1-5-7-13-22(12-6-2)20-9-8-18(4)16-19(20)21(24)23-14-10-17(3)11-15-23;1-5-11-7-6-8-12(9(2)3)13(11)14-10(4)15;1-3-2/h8-9,16-17H,5-7,10-15H2,1-4H3;6-9H,5H2,1-4H3,(H,14,15);3H2,1-2H3. The first kappa shape index (κ1) is 37.2. The van der Waals surface area contributed by atoms with E-state index >= 15 is 0 Å². The second kappa shape index (κ2) is 20.1. The first-order valence-electron chi connectivity index (χ1n) is 16.6. The number of para-hydroxylation sites is 1. The number of nitrogens with one attached hydrogen (secondary N) is 1. The summed E-state index contributed by atoms with van der Waals surface area (Å²) in [4.78, 5) is 28.8. The number of unbranched alkanes of at least 4 members (excludes halogenated alkanes) is 1. The molecule has 1 aliphatic heterocycles. The van der Waals surface area contributed by atoms with E-state index in [1.807, 2.05) is 0 Å². The molecule has 3 rings (SSSR count). The van der Waals surface area contributed by atoms with E-state index in [-0.39, 0.29) is 11.8 Å². The van der Waals surface area contributed by atoms with Gasteiger partial charge in [-0.3, -0.25) is 9.59 Å². The molecule has 2 aromatic rings. The highest BCUT2D eigenvalue weighted by Gasteiger charge is 2.25. The number of likely N-dealkylation sites (tertiary alicyclic amines) is 1. The maximum Gasteiger partial charge on any atom is 0.255 e. The van der Waals surface area contributed by atoms with E-state index in [1.54, 1.807) is 6.92 Å². The first-order valence-corrected chi connectivity index (χ1v) is 16.6. The smallest absolute Gasteiger partial charge is 0.255 e. The topological polar surface area (TPSA) is 52.7 Å². The second-order valence-corrected chi connectivity index (χ2v) is 12.1. The van der Waals surface area contributed by atoms with Crippen LogP contribution in [0.3, 0.4) is 0 Å². The van der Waals surface area contributed by atoms with Crippen molar-refractivity contribution in [1.82, 2.24) is 4.90 Å². The first-order chi connectivity index (χ1) is 20.0. The summed E-state index contributed by atoms with van der Waals surface area (Å²) in [5.41, 5.74) is 6.61. The number of hydrogen-bond acceptors (Lipinski definition) is 3. The zero-order valence-electron chi connectivity index (χ0n) is 28.6. The van der Waals surface area contributed by atoms with Crippen LogP contribution in [0.2, 0.25) is 0 Å². The quantitative estimate of drug-likeness (QED) is 0.305. The minimum atomic E-state index is -0.00204. The molecule has 2 aromatic carbocycles. The number of rotatable bonds is 10. The molecule has 5 nitrogen and oxygen atoms in total. The second-order valence-electron chi connectivity index (χ2n) is 12.1. The van der Waals surface area contributed by atoms with Gasteiger partial charge in [0.25, 0.3) is 5.91 Å². The van der Waals surface area contributed by atoms with E-state index in [0.29, 0.717) is 5.92 Å². The fraction of sp³-hybridized carbons (Fsp3) is 0.622. The minimum Gasteiger partial charge on any atom is -0.371 e. The molecule has 1 aliphatic rings. The van der Waals surface area contributed by atoms with Gasteiger partial charge in [0.05, 0.1) is 5.56 Å². The van der Waals surface area contributed by atoms with Crippen LogP contribution < -0.4 is 10.2 Å².